The smallest absolute Gasteiger partial charge is 0.102 e. The molecule has 0 aliphatic carbocycles. The van der Waals surface area contributed by atoms with Gasteiger partial charge in [-0.05, 0) is 49.3 Å². The lowest BCUT2D eigenvalue weighted by atomic mass is 10.1. The van der Waals surface area contributed by atoms with Crippen molar-refractivity contribution in [1.29, 1.82) is 0 Å². The van der Waals surface area contributed by atoms with Gasteiger partial charge >= 0.3 is 0 Å². The molecule has 1 aliphatic rings. The Balaban J connectivity index is 1.94. The molecule has 0 saturated carbocycles. The van der Waals surface area contributed by atoms with Gasteiger partial charge in [-0.15, -0.1) is 34.3 Å². The largest absolute Gasteiger partial charge is 0.157 e. The first-order valence-corrected chi connectivity index (χ1v) is 9.28. The molecule has 18 heavy (non-hydrogen) atoms. The van der Waals surface area contributed by atoms with Crippen molar-refractivity contribution in [3.63, 3.8) is 0 Å². The zero-order chi connectivity index (χ0) is 12.7. The van der Waals surface area contributed by atoms with Crippen molar-refractivity contribution in [3.05, 3.63) is 42.8 Å². The first-order valence-electron chi connectivity index (χ1n) is 6.05. The number of rotatable bonds is 2. The van der Waals surface area contributed by atoms with Gasteiger partial charge in [-0.3, -0.25) is 0 Å². The van der Waals surface area contributed by atoms with Crippen LogP contribution in [0.3, 0.4) is 0 Å². The highest BCUT2D eigenvalue weighted by Gasteiger charge is 2.21. The summed E-state index contributed by atoms with van der Waals surface area (Å²) in [6.45, 7) is 4.32. The summed E-state index contributed by atoms with van der Waals surface area (Å²) in [4.78, 5) is 5.56. The van der Waals surface area contributed by atoms with Crippen LogP contribution in [0.4, 0.5) is 0 Å². The number of aryl methyl sites for hydroxylation is 3. The van der Waals surface area contributed by atoms with Crippen LogP contribution in [0.1, 0.15) is 36.0 Å². The van der Waals surface area contributed by atoms with Crippen molar-refractivity contribution >= 4 is 46.0 Å². The summed E-state index contributed by atoms with van der Waals surface area (Å²) in [5.74, 6) is 2.43. The number of hydrogen-bond acceptors (Lipinski definition) is 3. The van der Waals surface area contributed by atoms with E-state index in [1.807, 2.05) is 34.4 Å². The molecule has 1 atom stereocenters. The third-order valence-corrected chi connectivity index (χ3v) is 7.45. The molecule has 0 nitrogen and oxygen atoms in total. The van der Waals surface area contributed by atoms with Crippen molar-refractivity contribution in [2.75, 3.05) is 5.75 Å². The van der Waals surface area contributed by atoms with Crippen LogP contribution in [0, 0.1) is 13.8 Å². The molecule has 0 aromatic carbocycles. The van der Waals surface area contributed by atoms with Crippen LogP contribution in [0.5, 0.6) is 0 Å². The van der Waals surface area contributed by atoms with Gasteiger partial charge in [0.15, 0.2) is 0 Å². The Kier molecular flexibility index (Phi) is 3.77. The molecule has 4 heteroatoms. The van der Waals surface area contributed by atoms with E-state index >= 15 is 0 Å². The fraction of sp³-hybridized carbons (Fsp3) is 0.429. The van der Waals surface area contributed by atoms with E-state index in [9.17, 15) is 0 Å². The predicted octanol–water partition coefficient (Wildman–Crippen LogP) is 5.54. The molecule has 2 aromatic heterocycles. The monoisotopic (exact) mass is 314 g/mol. The molecule has 0 N–H and O–H groups in total. The van der Waals surface area contributed by atoms with Gasteiger partial charge in [-0.1, -0.05) is 0 Å². The lowest BCUT2D eigenvalue weighted by molar-refractivity contribution is 1.13. The average Bonchev–Trinajstić information content (AvgIpc) is 2.91. The number of thiophene rings is 2. The van der Waals surface area contributed by atoms with Crippen LogP contribution in [-0.4, -0.2) is 5.75 Å². The van der Waals surface area contributed by atoms with E-state index in [0.717, 1.165) is 5.75 Å². The van der Waals surface area contributed by atoms with Gasteiger partial charge in [0.25, 0.3) is 0 Å². The molecule has 0 saturated heterocycles. The van der Waals surface area contributed by atoms with E-state index in [0.29, 0.717) is 0 Å². The van der Waals surface area contributed by atoms with Crippen molar-refractivity contribution < 1.29 is 0 Å². The fourth-order valence-corrected chi connectivity index (χ4v) is 6.31. The number of fused-ring (bicyclic) bond motifs is 1. The average molecular weight is 315 g/mol. The minimum atomic E-state index is 0.0456. The third-order valence-electron chi connectivity index (χ3n) is 3.21. The first-order chi connectivity index (χ1) is 8.65. The zero-order valence-electron chi connectivity index (χ0n) is 10.5. The maximum Gasteiger partial charge on any atom is 0.102 e. The van der Waals surface area contributed by atoms with Crippen LogP contribution in [-0.2, 0) is 12.2 Å². The highest BCUT2D eigenvalue weighted by atomic mass is 35.5. The van der Waals surface area contributed by atoms with E-state index < -0.39 is 0 Å². The molecule has 3 heterocycles. The predicted molar refractivity (Wildman–Crippen MR) is 85.7 cm³/mol. The molecule has 0 bridgehead atoms. The Morgan fingerprint density at radius 3 is 2.72 bits per heavy atom. The zero-order valence-corrected chi connectivity index (χ0v) is 13.7. The maximum atomic E-state index is 6.68. The van der Waals surface area contributed by atoms with Crippen molar-refractivity contribution in [2.45, 2.75) is 31.4 Å². The summed E-state index contributed by atoms with van der Waals surface area (Å²) in [6, 6.07) is 4.57. The van der Waals surface area contributed by atoms with Gasteiger partial charge in [-0.25, -0.2) is 0 Å². The summed E-state index contributed by atoms with van der Waals surface area (Å²) in [6.07, 6.45) is 1.22. The minimum absolute atomic E-state index is 0.0456. The molecule has 0 fully saturated rings. The standard InChI is InChI=1S/C14H15ClS3/c1-8-5-9(2)17-14(8)13(15)12-6-10-7-16-4-3-11(10)18-12/h5-6,13H,3-4,7H2,1-2H3. The molecule has 1 unspecified atom stereocenters. The van der Waals surface area contributed by atoms with E-state index in [-0.39, 0.29) is 5.38 Å². The molecule has 0 spiro atoms. The van der Waals surface area contributed by atoms with Gasteiger partial charge < -0.3 is 0 Å². The van der Waals surface area contributed by atoms with Crippen molar-refractivity contribution in [2.24, 2.45) is 0 Å². The van der Waals surface area contributed by atoms with Gasteiger partial charge in [0, 0.05) is 25.3 Å². The summed E-state index contributed by atoms with van der Waals surface area (Å²) < 4.78 is 0. The van der Waals surface area contributed by atoms with E-state index in [1.165, 1.54) is 37.9 Å². The Bertz CT molecular complexity index is 544. The quantitative estimate of drug-likeness (QED) is 0.655. The molecule has 2 aromatic rings. The summed E-state index contributed by atoms with van der Waals surface area (Å²) >= 11 is 12.5. The van der Waals surface area contributed by atoms with E-state index in [2.05, 4.69) is 26.0 Å². The Hall–Kier alpha value is 0.0400. The van der Waals surface area contributed by atoms with Crippen LogP contribution < -0.4 is 0 Å². The van der Waals surface area contributed by atoms with Gasteiger partial charge in [0.1, 0.15) is 5.38 Å². The second kappa shape index (κ2) is 5.20. The molecular formula is C14H15ClS3. The number of alkyl halides is 1. The first kappa shape index (κ1) is 13.0. The Morgan fingerprint density at radius 1 is 1.22 bits per heavy atom. The molecule has 3 rings (SSSR count). The summed E-state index contributed by atoms with van der Waals surface area (Å²) in [7, 11) is 0. The van der Waals surface area contributed by atoms with Gasteiger partial charge in [-0.2, -0.15) is 11.8 Å². The highest BCUT2D eigenvalue weighted by molar-refractivity contribution is 7.98. The molecule has 0 amide bonds. The lowest BCUT2D eigenvalue weighted by Crippen LogP contribution is -1.96. The molecular weight excluding hydrogens is 300 g/mol. The number of thioether (sulfide) groups is 1. The third kappa shape index (κ3) is 2.38. The second-order valence-corrected chi connectivity index (χ2v) is 8.66. The number of hydrogen-bond donors (Lipinski definition) is 0. The van der Waals surface area contributed by atoms with Crippen LogP contribution in [0.25, 0.3) is 0 Å². The van der Waals surface area contributed by atoms with Crippen molar-refractivity contribution in [3.8, 4) is 0 Å². The van der Waals surface area contributed by atoms with Crippen LogP contribution in [0.2, 0.25) is 0 Å². The maximum absolute atomic E-state index is 6.68. The Morgan fingerprint density at radius 2 is 2.06 bits per heavy atom. The normalized spacial score (nSPS) is 16.6. The summed E-state index contributed by atoms with van der Waals surface area (Å²) in [5.41, 5.74) is 2.85. The molecule has 0 radical (unpaired) electrons. The molecule has 1 aliphatic heterocycles. The van der Waals surface area contributed by atoms with E-state index in [1.54, 1.807) is 4.88 Å². The van der Waals surface area contributed by atoms with E-state index in [4.69, 9.17) is 11.6 Å². The van der Waals surface area contributed by atoms with Crippen molar-refractivity contribution in [1.82, 2.24) is 0 Å². The second-order valence-electron chi connectivity index (χ2n) is 4.67. The fourth-order valence-electron chi connectivity index (χ4n) is 2.34. The Labute approximate surface area is 125 Å². The molecule has 96 valence electrons. The number of halogens is 1. The van der Waals surface area contributed by atoms with Gasteiger partial charge in [0.2, 0.25) is 0 Å². The lowest BCUT2D eigenvalue weighted by Gasteiger charge is -2.08. The topological polar surface area (TPSA) is 0 Å². The minimum Gasteiger partial charge on any atom is -0.157 e. The van der Waals surface area contributed by atoms with Crippen LogP contribution in [0.15, 0.2) is 12.1 Å². The van der Waals surface area contributed by atoms with Crippen LogP contribution >= 0.6 is 46.0 Å². The van der Waals surface area contributed by atoms with Gasteiger partial charge in [0.05, 0.1) is 0 Å². The highest BCUT2D eigenvalue weighted by Crippen LogP contribution is 2.42. The SMILES string of the molecule is Cc1cc(C)c(C(Cl)c2cc3c(s2)CCSC3)s1. The summed E-state index contributed by atoms with van der Waals surface area (Å²) in [5, 5.41) is 0.0456.